The van der Waals surface area contributed by atoms with Gasteiger partial charge in [0.25, 0.3) is 0 Å². The normalized spacial score (nSPS) is 13.4. The first-order valence-corrected chi connectivity index (χ1v) is 9.26. The van der Waals surface area contributed by atoms with Crippen LogP contribution in [0.2, 0.25) is 0 Å². The number of nitrogens with zero attached hydrogens (tertiary/aromatic N) is 1. The second-order valence-electron chi connectivity index (χ2n) is 7.29. The molecule has 1 N–H and O–H groups in total. The maximum absolute atomic E-state index is 13.2. The van der Waals surface area contributed by atoms with Crippen LogP contribution in [0.25, 0.3) is 0 Å². The molecule has 1 aliphatic carbocycles. The lowest BCUT2D eigenvalue weighted by atomic mass is 9.92. The van der Waals surface area contributed by atoms with Crippen molar-refractivity contribution in [2.75, 3.05) is 6.54 Å². The van der Waals surface area contributed by atoms with Gasteiger partial charge in [-0.25, -0.2) is 4.39 Å². The Morgan fingerprint density at radius 3 is 2.63 bits per heavy atom. The largest absolute Gasteiger partial charge is 0.352 e. The molecule has 0 aliphatic heterocycles. The van der Waals surface area contributed by atoms with Crippen LogP contribution in [0, 0.1) is 12.7 Å². The van der Waals surface area contributed by atoms with Crippen molar-refractivity contribution in [3.05, 3.63) is 70.3 Å². The van der Waals surface area contributed by atoms with Crippen LogP contribution in [0.15, 0.2) is 36.4 Å². The Kier molecular flexibility index (Phi) is 5.59. The first kappa shape index (κ1) is 19.1. The van der Waals surface area contributed by atoms with E-state index in [9.17, 15) is 14.0 Å². The number of carbonyl (C=O) groups excluding carboxylic acids is 2. The first-order valence-electron chi connectivity index (χ1n) is 9.26. The molecule has 1 aliphatic rings. The molecule has 1 amide bonds. The highest BCUT2D eigenvalue weighted by Crippen LogP contribution is 2.31. The molecule has 0 fully saturated rings. The minimum Gasteiger partial charge on any atom is -0.352 e. The van der Waals surface area contributed by atoms with E-state index in [1.54, 1.807) is 12.1 Å². The molecule has 142 valence electrons. The monoisotopic (exact) mass is 368 g/mol. The lowest BCUT2D eigenvalue weighted by Crippen LogP contribution is -2.27. The van der Waals surface area contributed by atoms with E-state index in [0.29, 0.717) is 25.1 Å². The Labute approximate surface area is 159 Å². The van der Waals surface area contributed by atoms with Gasteiger partial charge >= 0.3 is 0 Å². The zero-order valence-electron chi connectivity index (χ0n) is 15.9. The summed E-state index contributed by atoms with van der Waals surface area (Å²) >= 11 is 0. The predicted octanol–water partition coefficient (Wildman–Crippen LogP) is 3.74. The van der Waals surface area contributed by atoms with Crippen LogP contribution < -0.4 is 5.32 Å². The minimum atomic E-state index is -0.268. The molecule has 3 rings (SSSR count). The van der Waals surface area contributed by atoms with Crippen LogP contribution in [-0.4, -0.2) is 22.8 Å². The molecular formula is C22H25FN2O2. The number of rotatable bonds is 6. The third-order valence-corrected chi connectivity index (χ3v) is 5.03. The highest BCUT2D eigenvalue weighted by Gasteiger charge is 2.28. The van der Waals surface area contributed by atoms with Crippen LogP contribution in [0.4, 0.5) is 4.39 Å². The minimum absolute atomic E-state index is 0.110. The summed E-state index contributed by atoms with van der Waals surface area (Å²) < 4.78 is 15.3. The molecule has 4 nitrogen and oxygen atoms in total. The summed E-state index contributed by atoms with van der Waals surface area (Å²) in [5, 5.41) is 2.84. The zero-order valence-corrected chi connectivity index (χ0v) is 15.9. The third kappa shape index (κ3) is 4.18. The lowest BCUT2D eigenvalue weighted by Gasteiger charge is -2.16. The van der Waals surface area contributed by atoms with Gasteiger partial charge in [0.15, 0.2) is 5.78 Å². The van der Waals surface area contributed by atoms with Gasteiger partial charge in [-0.3, -0.25) is 9.59 Å². The molecule has 0 saturated heterocycles. The van der Waals surface area contributed by atoms with Crippen molar-refractivity contribution < 1.29 is 14.0 Å². The van der Waals surface area contributed by atoms with Crippen LogP contribution in [0.5, 0.6) is 0 Å². The number of amides is 1. The Balaban J connectivity index is 1.94. The van der Waals surface area contributed by atoms with E-state index in [1.165, 1.54) is 12.1 Å². The van der Waals surface area contributed by atoms with Gasteiger partial charge < -0.3 is 9.88 Å². The van der Waals surface area contributed by atoms with Gasteiger partial charge in [-0.15, -0.1) is 0 Å². The van der Waals surface area contributed by atoms with E-state index in [0.717, 1.165) is 40.9 Å². The standard InChI is InChI=1S/C22H25FN2O2/c1-14(2)12-24-21(27)11-18-15(3)25(13-16-7-9-17(23)10-8-16)19-5-4-6-20(26)22(18)19/h7-10H,1,4-6,11-13H2,2-3H3,(H,24,27). The van der Waals surface area contributed by atoms with Crippen LogP contribution in [0.1, 0.15) is 52.6 Å². The van der Waals surface area contributed by atoms with E-state index >= 15 is 0 Å². The number of hydrogen-bond acceptors (Lipinski definition) is 2. The second kappa shape index (κ2) is 7.91. The fraction of sp³-hybridized carbons (Fsp3) is 0.364. The number of ketones is 1. The maximum atomic E-state index is 13.2. The molecule has 1 heterocycles. The number of halogens is 1. The number of aromatic nitrogens is 1. The summed E-state index contributed by atoms with van der Waals surface area (Å²) in [4.78, 5) is 25.0. The Morgan fingerprint density at radius 2 is 1.96 bits per heavy atom. The molecule has 1 aromatic heterocycles. The van der Waals surface area contributed by atoms with Crippen molar-refractivity contribution in [3.8, 4) is 0 Å². The van der Waals surface area contributed by atoms with E-state index in [4.69, 9.17) is 0 Å². The van der Waals surface area contributed by atoms with Crippen LogP contribution >= 0.6 is 0 Å². The molecule has 0 saturated carbocycles. The number of Topliss-reactive ketones (excluding diaryl/α,β-unsaturated/α-hetero) is 1. The molecule has 0 unspecified atom stereocenters. The second-order valence-corrected chi connectivity index (χ2v) is 7.29. The summed E-state index contributed by atoms with van der Waals surface area (Å²) in [5.41, 5.74) is 5.31. The molecule has 0 spiro atoms. The molecule has 27 heavy (non-hydrogen) atoms. The zero-order chi connectivity index (χ0) is 19.6. The predicted molar refractivity (Wildman–Crippen MR) is 103 cm³/mol. The van der Waals surface area contributed by atoms with Crippen molar-refractivity contribution in [2.45, 2.75) is 46.1 Å². The number of carbonyl (C=O) groups is 2. The Hall–Kier alpha value is -2.69. The molecule has 5 heteroatoms. The SMILES string of the molecule is C=C(C)CNC(=O)Cc1c2c(n(Cc3ccc(F)cc3)c1C)CCCC2=O. The number of benzene rings is 1. The van der Waals surface area contributed by atoms with Gasteiger partial charge in [0, 0.05) is 36.5 Å². The first-order chi connectivity index (χ1) is 12.9. The third-order valence-electron chi connectivity index (χ3n) is 5.03. The van der Waals surface area contributed by atoms with Crippen molar-refractivity contribution >= 4 is 11.7 Å². The van der Waals surface area contributed by atoms with Gasteiger partial charge in [0.2, 0.25) is 5.91 Å². The summed E-state index contributed by atoms with van der Waals surface area (Å²) in [6.45, 7) is 8.60. The molecule has 0 bridgehead atoms. The number of hydrogen-bond donors (Lipinski definition) is 1. The van der Waals surface area contributed by atoms with Crippen molar-refractivity contribution in [2.24, 2.45) is 0 Å². The van der Waals surface area contributed by atoms with Crippen molar-refractivity contribution in [1.82, 2.24) is 9.88 Å². The quantitative estimate of drug-likeness (QED) is 0.790. The van der Waals surface area contributed by atoms with Crippen LogP contribution in [-0.2, 0) is 24.2 Å². The summed E-state index contributed by atoms with van der Waals surface area (Å²) in [5.74, 6) is -0.267. The average molecular weight is 368 g/mol. The van der Waals surface area contributed by atoms with Gasteiger partial charge in [0.1, 0.15) is 5.82 Å². The van der Waals surface area contributed by atoms with E-state index in [2.05, 4.69) is 16.5 Å². The van der Waals surface area contributed by atoms with Gasteiger partial charge in [0.05, 0.1) is 6.42 Å². The lowest BCUT2D eigenvalue weighted by molar-refractivity contribution is -0.120. The smallest absolute Gasteiger partial charge is 0.224 e. The number of fused-ring (bicyclic) bond motifs is 1. The molecule has 1 aromatic carbocycles. The molecule has 0 radical (unpaired) electrons. The van der Waals surface area contributed by atoms with Crippen molar-refractivity contribution in [3.63, 3.8) is 0 Å². The maximum Gasteiger partial charge on any atom is 0.224 e. The number of nitrogens with one attached hydrogen (secondary N) is 1. The summed E-state index contributed by atoms with van der Waals surface area (Å²) in [6, 6.07) is 6.39. The fourth-order valence-electron chi connectivity index (χ4n) is 3.66. The van der Waals surface area contributed by atoms with Crippen molar-refractivity contribution in [1.29, 1.82) is 0 Å². The topological polar surface area (TPSA) is 51.1 Å². The van der Waals surface area contributed by atoms with Gasteiger partial charge in [-0.1, -0.05) is 24.3 Å². The molecule has 2 aromatic rings. The Morgan fingerprint density at radius 1 is 1.26 bits per heavy atom. The summed E-state index contributed by atoms with van der Waals surface area (Å²) in [6.07, 6.45) is 2.34. The molecular weight excluding hydrogens is 343 g/mol. The molecule has 0 atom stereocenters. The summed E-state index contributed by atoms with van der Waals surface area (Å²) in [7, 11) is 0. The average Bonchev–Trinajstić information content (AvgIpc) is 2.88. The van der Waals surface area contributed by atoms with Crippen LogP contribution in [0.3, 0.4) is 0 Å². The van der Waals surface area contributed by atoms with E-state index < -0.39 is 0 Å². The van der Waals surface area contributed by atoms with Gasteiger partial charge in [-0.2, -0.15) is 0 Å². The Bertz CT molecular complexity index is 894. The van der Waals surface area contributed by atoms with E-state index in [1.807, 2.05) is 13.8 Å². The fourth-order valence-corrected chi connectivity index (χ4v) is 3.66. The highest BCUT2D eigenvalue weighted by molar-refractivity contribution is 6.01. The van der Waals surface area contributed by atoms with E-state index in [-0.39, 0.29) is 23.9 Å². The highest BCUT2D eigenvalue weighted by atomic mass is 19.1. The van der Waals surface area contributed by atoms with Gasteiger partial charge in [-0.05, 0) is 49.9 Å².